The molecule has 0 bridgehead atoms. The molecule has 0 atom stereocenters. The summed E-state index contributed by atoms with van der Waals surface area (Å²) in [5.41, 5.74) is 2.84. The maximum absolute atomic E-state index is 8.29. The van der Waals surface area contributed by atoms with E-state index in [0.717, 1.165) is 6.42 Å². The molecule has 0 saturated heterocycles. The normalized spacial score (nSPS) is 8.10. The molecule has 0 aliphatic heterocycles. The molecule has 3 heteroatoms. The average Bonchev–Trinajstić information content (AvgIpc) is 2.52. The van der Waals surface area contributed by atoms with Crippen LogP contribution in [0.4, 0.5) is 0 Å². The van der Waals surface area contributed by atoms with Crippen LogP contribution in [-0.4, -0.2) is 8.42 Å². The first-order valence-electron chi connectivity index (χ1n) is 7.13. The van der Waals surface area contributed by atoms with Crippen molar-refractivity contribution in [1.29, 1.82) is 0 Å². The van der Waals surface area contributed by atoms with Crippen molar-refractivity contribution in [3.63, 3.8) is 0 Å². The second-order valence-electron chi connectivity index (χ2n) is 3.51. The number of aryl methyl sites for hydroxylation is 2. The third kappa shape index (κ3) is 6.62. The van der Waals surface area contributed by atoms with E-state index < -0.39 is 11.6 Å². The molecule has 0 heterocycles. The minimum absolute atomic E-state index is 0.750. The van der Waals surface area contributed by atoms with Crippen molar-refractivity contribution in [2.75, 3.05) is 0 Å². The lowest BCUT2D eigenvalue weighted by Crippen LogP contribution is -1.85. The summed E-state index contributed by atoms with van der Waals surface area (Å²) < 4.78 is 16.6. The molecule has 2 nitrogen and oxygen atoms in total. The van der Waals surface area contributed by atoms with Crippen LogP contribution in [0.1, 0.15) is 45.7 Å². The van der Waals surface area contributed by atoms with Gasteiger partial charge in [-0.2, -0.15) is 8.42 Å². The minimum Gasteiger partial charge on any atom is -0.168 e. The Bertz CT molecular complexity index is 510. The Morgan fingerprint density at radius 3 is 1.80 bits per heavy atom. The summed E-state index contributed by atoms with van der Waals surface area (Å²) in [5, 5.41) is 2.80. The molecule has 2 aromatic carbocycles. The number of rotatable bonds is 1. The Hall–Kier alpha value is -1.48. The molecule has 0 N–H and O–H groups in total. The van der Waals surface area contributed by atoms with Crippen molar-refractivity contribution in [1.82, 2.24) is 0 Å². The molecule has 0 aliphatic carbocycles. The van der Waals surface area contributed by atoms with Crippen LogP contribution in [0.3, 0.4) is 0 Å². The van der Waals surface area contributed by atoms with Crippen LogP contribution >= 0.6 is 0 Å². The summed E-state index contributed by atoms with van der Waals surface area (Å²) in [6.45, 7) is 12.4. The molecule has 2 aromatic rings. The van der Waals surface area contributed by atoms with E-state index in [9.17, 15) is 0 Å². The summed E-state index contributed by atoms with van der Waals surface area (Å²) in [6.07, 6.45) is 1.11. The van der Waals surface area contributed by atoms with Crippen molar-refractivity contribution in [2.45, 2.75) is 48.0 Å². The maximum Gasteiger partial charge on any atom is 0.335 e. The van der Waals surface area contributed by atoms with Crippen LogP contribution in [0.25, 0.3) is 10.8 Å². The lowest BCUT2D eigenvalue weighted by molar-refractivity contribution is 0.630. The van der Waals surface area contributed by atoms with Crippen molar-refractivity contribution in [3.8, 4) is 0 Å². The van der Waals surface area contributed by atoms with Crippen LogP contribution in [-0.2, 0) is 18.0 Å². The maximum atomic E-state index is 8.29. The van der Waals surface area contributed by atoms with Gasteiger partial charge in [-0.15, -0.1) is 0 Å². The second kappa shape index (κ2) is 13.9. The van der Waals surface area contributed by atoms with Gasteiger partial charge in [-0.25, -0.2) is 0 Å². The molecule has 0 spiro atoms. The number of hydrogen-bond acceptors (Lipinski definition) is 2. The Labute approximate surface area is 126 Å². The zero-order valence-corrected chi connectivity index (χ0v) is 14.2. The lowest BCUT2D eigenvalue weighted by atomic mass is 9.99. The van der Waals surface area contributed by atoms with E-state index >= 15 is 0 Å². The molecule has 0 saturated carbocycles. The van der Waals surface area contributed by atoms with E-state index in [2.05, 4.69) is 50.2 Å². The number of benzene rings is 2. The van der Waals surface area contributed by atoms with E-state index in [4.69, 9.17) is 8.42 Å². The van der Waals surface area contributed by atoms with E-state index in [1.165, 1.54) is 21.9 Å². The molecule has 0 amide bonds. The van der Waals surface area contributed by atoms with Gasteiger partial charge in [-0.05, 0) is 35.2 Å². The van der Waals surface area contributed by atoms with E-state index in [-0.39, 0.29) is 0 Å². The summed E-state index contributed by atoms with van der Waals surface area (Å²) in [6, 6.07) is 13.0. The largest absolute Gasteiger partial charge is 0.335 e. The molecule has 2 rings (SSSR count). The first-order chi connectivity index (χ1) is 9.74. The van der Waals surface area contributed by atoms with Gasteiger partial charge in [0.1, 0.15) is 0 Å². The van der Waals surface area contributed by atoms with Gasteiger partial charge in [0.05, 0.1) is 0 Å². The topological polar surface area (TPSA) is 34.1 Å². The van der Waals surface area contributed by atoms with E-state index in [1.807, 2.05) is 27.7 Å². The Kier molecular flexibility index (Phi) is 14.5. The molecule has 0 radical (unpaired) electrons. The fourth-order valence-corrected chi connectivity index (χ4v) is 1.91. The van der Waals surface area contributed by atoms with Crippen LogP contribution in [0.5, 0.6) is 0 Å². The van der Waals surface area contributed by atoms with Gasteiger partial charge < -0.3 is 0 Å². The average molecular weight is 294 g/mol. The fourth-order valence-electron chi connectivity index (χ4n) is 1.91. The smallest absolute Gasteiger partial charge is 0.168 e. The van der Waals surface area contributed by atoms with Gasteiger partial charge in [0.25, 0.3) is 0 Å². The van der Waals surface area contributed by atoms with Crippen molar-refractivity contribution >= 4 is 22.3 Å². The molecule has 0 aromatic heterocycles. The Morgan fingerprint density at radius 1 is 0.900 bits per heavy atom. The van der Waals surface area contributed by atoms with Gasteiger partial charge in [-0.3, -0.25) is 0 Å². The van der Waals surface area contributed by atoms with E-state index in [0.29, 0.717) is 0 Å². The quantitative estimate of drug-likeness (QED) is 0.734. The molecule has 20 heavy (non-hydrogen) atoms. The molecular formula is C17H26O2S. The minimum atomic E-state index is -0.750. The second-order valence-corrected chi connectivity index (χ2v) is 3.65. The summed E-state index contributed by atoms with van der Waals surface area (Å²) in [4.78, 5) is 0. The van der Waals surface area contributed by atoms with Gasteiger partial charge in [0, 0.05) is 0 Å². The molecular weight excluding hydrogens is 268 g/mol. The third-order valence-corrected chi connectivity index (χ3v) is 2.58. The fraction of sp³-hybridized carbons (Fsp3) is 0.412. The highest BCUT2D eigenvalue weighted by atomic mass is 32.1. The lowest BCUT2D eigenvalue weighted by Gasteiger charge is -2.06. The highest BCUT2D eigenvalue weighted by molar-refractivity contribution is 7.51. The van der Waals surface area contributed by atoms with Crippen LogP contribution in [0, 0.1) is 6.92 Å². The first-order valence-corrected chi connectivity index (χ1v) is 7.80. The zero-order valence-electron chi connectivity index (χ0n) is 13.4. The number of fused-ring (bicyclic) bond motifs is 1. The van der Waals surface area contributed by atoms with Crippen molar-refractivity contribution in [2.24, 2.45) is 0 Å². The molecule has 0 fully saturated rings. The summed E-state index contributed by atoms with van der Waals surface area (Å²) >= 11 is -0.750. The van der Waals surface area contributed by atoms with Gasteiger partial charge in [0.2, 0.25) is 0 Å². The highest BCUT2D eigenvalue weighted by Gasteiger charge is 2.00. The van der Waals surface area contributed by atoms with Crippen LogP contribution in [0.2, 0.25) is 0 Å². The highest BCUT2D eigenvalue weighted by Crippen LogP contribution is 2.22. The van der Waals surface area contributed by atoms with Crippen molar-refractivity contribution in [3.05, 3.63) is 47.5 Å². The third-order valence-electron chi connectivity index (χ3n) is 2.58. The van der Waals surface area contributed by atoms with Crippen LogP contribution < -0.4 is 0 Å². The first kappa shape index (κ1) is 20.8. The molecule has 112 valence electrons. The molecule has 0 aliphatic rings. The predicted octanol–water partition coefficient (Wildman–Crippen LogP) is 5.09. The van der Waals surface area contributed by atoms with Crippen LogP contribution in [0.15, 0.2) is 36.4 Å². The van der Waals surface area contributed by atoms with Gasteiger partial charge >= 0.3 is 11.6 Å². The predicted molar refractivity (Wildman–Crippen MR) is 89.7 cm³/mol. The molecule has 0 unspecified atom stereocenters. The monoisotopic (exact) mass is 294 g/mol. The Balaban J connectivity index is 0. The van der Waals surface area contributed by atoms with Gasteiger partial charge in [0.15, 0.2) is 0 Å². The standard InChI is InChI=1S/C13H14.2C2H6.O2S/c1-3-11-7-5-9-12-8-4-6-10(2)13(11)12;2*1-2;1-3-2/h4-9H,3H2,1-2H3;2*1-2H3;. The van der Waals surface area contributed by atoms with E-state index in [1.54, 1.807) is 0 Å². The van der Waals surface area contributed by atoms with Gasteiger partial charge in [-0.1, -0.05) is 71.0 Å². The summed E-state index contributed by atoms with van der Waals surface area (Å²) in [7, 11) is 0. The SMILES string of the molecule is CC.CC.CCc1cccc2cccc(C)c12.O=S=O. The number of hydrogen-bond donors (Lipinski definition) is 0. The Morgan fingerprint density at radius 2 is 1.35 bits per heavy atom. The van der Waals surface area contributed by atoms with Crippen molar-refractivity contribution < 1.29 is 8.42 Å². The summed E-state index contributed by atoms with van der Waals surface area (Å²) in [5.74, 6) is 0. The zero-order chi connectivity index (χ0) is 16.0.